The van der Waals surface area contributed by atoms with E-state index >= 15 is 0 Å². The number of nitrogens with two attached hydrogens (primary N) is 2. The topological polar surface area (TPSA) is 171 Å². The Morgan fingerprint density at radius 3 is 1.61 bits per heavy atom. The second kappa shape index (κ2) is 7.09. The van der Waals surface area contributed by atoms with Gasteiger partial charge in [0.25, 0.3) is 0 Å². The third kappa shape index (κ3) is 3.17. The van der Waals surface area contributed by atoms with Crippen LogP contribution in [-0.2, 0) is 0 Å². The van der Waals surface area contributed by atoms with Crippen molar-refractivity contribution in [3.05, 3.63) is 46.7 Å². The zero-order valence-corrected chi connectivity index (χ0v) is 15.6. The molecule has 140 valence electrons. The van der Waals surface area contributed by atoms with Gasteiger partial charge < -0.3 is 21.4 Å². The first-order valence-electron chi connectivity index (χ1n) is 7.71. The molecular weight excluding hydrogens is 400 g/mol. The number of hydrogen-bond acceptors (Lipinski definition) is 10. The number of hydrogen-bond donors (Lipinski definition) is 4. The van der Waals surface area contributed by atoms with Gasteiger partial charge in [0.2, 0.25) is 11.9 Å². The van der Waals surface area contributed by atoms with E-state index in [2.05, 4.69) is 39.9 Å². The van der Waals surface area contributed by atoms with Gasteiger partial charge in [0, 0.05) is 12.4 Å². The van der Waals surface area contributed by atoms with Crippen molar-refractivity contribution in [3.8, 4) is 0 Å². The van der Waals surface area contributed by atoms with Crippen LogP contribution in [0, 0.1) is 9.28 Å². The molecule has 5 heterocycles. The van der Waals surface area contributed by atoms with Crippen LogP contribution in [0.4, 0.5) is 11.9 Å². The largest absolute Gasteiger partial charge is 0.369 e. The van der Waals surface area contributed by atoms with Gasteiger partial charge in [-0.15, -0.1) is 0 Å². The maximum Gasteiger partial charge on any atom is 0.200 e. The lowest BCUT2D eigenvalue weighted by molar-refractivity contribution is 0.688. The molecule has 0 aliphatic rings. The van der Waals surface area contributed by atoms with E-state index in [4.69, 9.17) is 35.9 Å². The number of anilines is 2. The lowest BCUT2D eigenvalue weighted by atomic mass is 10.5. The molecule has 6 N–H and O–H groups in total. The molecule has 0 radical (unpaired) electrons. The molecule has 0 fully saturated rings. The third-order valence-electron chi connectivity index (χ3n) is 3.55. The van der Waals surface area contributed by atoms with Crippen molar-refractivity contribution in [2.75, 3.05) is 11.5 Å². The summed E-state index contributed by atoms with van der Waals surface area (Å²) < 4.78 is 3.96. The van der Waals surface area contributed by atoms with Gasteiger partial charge in [0.15, 0.2) is 20.6 Å². The third-order valence-corrected chi connectivity index (χ3v) is 4.12. The number of rotatable bonds is 1. The quantitative estimate of drug-likeness (QED) is 0.294. The molecule has 5 aromatic heterocycles. The van der Waals surface area contributed by atoms with E-state index in [9.17, 15) is 0 Å². The van der Waals surface area contributed by atoms with Gasteiger partial charge in [0.05, 0.1) is 0 Å². The summed E-state index contributed by atoms with van der Waals surface area (Å²) in [5, 5.41) is 0. The number of aromatic amines is 2. The van der Waals surface area contributed by atoms with Crippen molar-refractivity contribution >= 4 is 58.7 Å². The molecule has 0 saturated heterocycles. The predicted octanol–water partition coefficient (Wildman–Crippen LogP) is 1.24. The zero-order valence-electron chi connectivity index (χ0n) is 14.0. The SMILES string of the molecule is Nc1nc(=S)c2ncn(-n3cnc4c(=S)nc(N)[nH]c43)c2[nH]1.c1cncnc1. The molecule has 28 heavy (non-hydrogen) atoms. The number of fused-ring (bicyclic) bond motifs is 2. The molecule has 0 aliphatic heterocycles. The van der Waals surface area contributed by atoms with Crippen LogP contribution in [0.5, 0.6) is 0 Å². The van der Waals surface area contributed by atoms with Crippen molar-refractivity contribution in [2.45, 2.75) is 0 Å². The molecule has 0 saturated carbocycles. The minimum Gasteiger partial charge on any atom is -0.369 e. The Kier molecular flexibility index (Phi) is 4.46. The highest BCUT2D eigenvalue weighted by Gasteiger charge is 2.12. The Morgan fingerprint density at radius 1 is 0.786 bits per heavy atom. The Morgan fingerprint density at radius 2 is 1.25 bits per heavy atom. The van der Waals surface area contributed by atoms with E-state index in [1.807, 2.05) is 0 Å². The summed E-state index contributed by atoms with van der Waals surface area (Å²) in [6, 6.07) is 1.78. The molecule has 0 unspecified atom stereocenters. The second-order valence-electron chi connectivity index (χ2n) is 5.33. The monoisotopic (exact) mass is 412 g/mol. The van der Waals surface area contributed by atoms with E-state index in [-0.39, 0.29) is 11.9 Å². The molecule has 12 nitrogen and oxygen atoms in total. The Bertz CT molecular complexity index is 1260. The summed E-state index contributed by atoms with van der Waals surface area (Å²) in [6.07, 6.45) is 8.00. The highest BCUT2D eigenvalue weighted by Crippen LogP contribution is 2.17. The lowest BCUT2D eigenvalue weighted by Crippen LogP contribution is -2.10. The molecule has 0 bridgehead atoms. The number of H-pyrrole nitrogens is 2. The summed E-state index contributed by atoms with van der Waals surface area (Å²) in [6.45, 7) is 0. The molecule has 0 aromatic carbocycles. The van der Waals surface area contributed by atoms with E-state index < -0.39 is 0 Å². The maximum absolute atomic E-state index is 5.71. The van der Waals surface area contributed by atoms with Crippen molar-refractivity contribution in [3.63, 3.8) is 0 Å². The lowest BCUT2D eigenvalue weighted by Gasteiger charge is -2.06. The van der Waals surface area contributed by atoms with Gasteiger partial charge in [0.1, 0.15) is 30.0 Å². The Labute approximate surface area is 166 Å². The molecule has 14 heteroatoms. The first-order chi connectivity index (χ1) is 13.5. The minimum atomic E-state index is 0.192. The van der Waals surface area contributed by atoms with Gasteiger partial charge in [-0.25, -0.2) is 39.3 Å². The first kappa shape index (κ1) is 17.6. The Balaban J connectivity index is 0.000000275. The molecular formula is C14H12N12S2. The fourth-order valence-electron chi connectivity index (χ4n) is 2.43. The standard InChI is InChI=1S/C10H8N10S2.C4H4N2/c11-9-15-5-3(7(21)17-9)13-1-19(5)20-2-14-4-6(20)16-10(12)18-8(4)22;1-2-5-4-6-3-1/h1-2H,(H3,11,15,17,21)(H3,12,16,18,22);1-4H. The number of nitrogen functional groups attached to an aromatic ring is 2. The van der Waals surface area contributed by atoms with Crippen LogP contribution >= 0.6 is 24.4 Å². The normalized spacial score (nSPS) is 10.7. The van der Waals surface area contributed by atoms with Crippen LogP contribution in [0.25, 0.3) is 22.3 Å². The van der Waals surface area contributed by atoms with Crippen molar-refractivity contribution < 1.29 is 0 Å². The molecule has 5 aromatic rings. The van der Waals surface area contributed by atoms with Crippen molar-refractivity contribution in [1.82, 2.24) is 49.2 Å². The van der Waals surface area contributed by atoms with Gasteiger partial charge in [-0.3, -0.25) is 0 Å². The Hall–Kier alpha value is -3.78. The van der Waals surface area contributed by atoms with E-state index in [1.54, 1.807) is 40.5 Å². The van der Waals surface area contributed by atoms with Crippen LogP contribution in [0.2, 0.25) is 0 Å². The number of imidazole rings is 2. The molecule has 0 aliphatic carbocycles. The van der Waals surface area contributed by atoms with Crippen LogP contribution in [0.15, 0.2) is 37.4 Å². The fourth-order valence-corrected chi connectivity index (χ4v) is 2.92. The summed E-state index contributed by atoms with van der Waals surface area (Å²) >= 11 is 10.3. The first-order valence-corrected chi connectivity index (χ1v) is 8.52. The van der Waals surface area contributed by atoms with E-state index in [0.29, 0.717) is 31.6 Å². The second-order valence-corrected chi connectivity index (χ2v) is 6.10. The van der Waals surface area contributed by atoms with E-state index in [0.717, 1.165) is 0 Å². The fraction of sp³-hybridized carbons (Fsp3) is 0. The molecule has 5 rings (SSSR count). The van der Waals surface area contributed by atoms with Gasteiger partial charge in [-0.2, -0.15) is 0 Å². The summed E-state index contributed by atoms with van der Waals surface area (Å²) in [5.41, 5.74) is 13.6. The highest BCUT2D eigenvalue weighted by molar-refractivity contribution is 7.71. The van der Waals surface area contributed by atoms with Crippen molar-refractivity contribution in [1.29, 1.82) is 0 Å². The van der Waals surface area contributed by atoms with Crippen molar-refractivity contribution in [2.24, 2.45) is 0 Å². The molecule has 0 spiro atoms. The number of nitrogens with zero attached hydrogens (tertiary/aromatic N) is 8. The minimum absolute atomic E-state index is 0.192. The van der Waals surface area contributed by atoms with Gasteiger partial charge in [-0.05, 0) is 6.07 Å². The summed E-state index contributed by atoms with van der Waals surface area (Å²) in [5.74, 6) is 0.385. The molecule has 0 amide bonds. The summed E-state index contributed by atoms with van der Waals surface area (Å²) in [7, 11) is 0. The van der Waals surface area contributed by atoms with E-state index in [1.165, 1.54) is 6.33 Å². The number of nitrogens with one attached hydrogen (secondary N) is 2. The van der Waals surface area contributed by atoms with Crippen LogP contribution in [0.3, 0.4) is 0 Å². The average Bonchev–Trinajstić information content (AvgIpc) is 3.27. The summed E-state index contributed by atoms with van der Waals surface area (Å²) in [4.78, 5) is 29.6. The maximum atomic E-state index is 5.71. The van der Waals surface area contributed by atoms with Gasteiger partial charge in [-0.1, -0.05) is 24.4 Å². The highest BCUT2D eigenvalue weighted by atomic mass is 32.1. The average molecular weight is 412 g/mol. The predicted molar refractivity (Wildman–Crippen MR) is 107 cm³/mol. The van der Waals surface area contributed by atoms with Gasteiger partial charge >= 0.3 is 0 Å². The van der Waals surface area contributed by atoms with Crippen LogP contribution < -0.4 is 11.5 Å². The smallest absolute Gasteiger partial charge is 0.200 e. The van der Waals surface area contributed by atoms with Crippen LogP contribution in [-0.4, -0.2) is 49.2 Å². The number of aromatic nitrogens is 10. The van der Waals surface area contributed by atoms with Crippen LogP contribution in [0.1, 0.15) is 0 Å². The molecule has 0 atom stereocenters. The zero-order chi connectivity index (χ0) is 19.7.